The molecule has 2 amide bonds. The number of phenols is 1. The van der Waals surface area contributed by atoms with E-state index in [2.05, 4.69) is 0 Å². The molecule has 1 aliphatic rings. The molecule has 1 fully saturated rings. The minimum absolute atomic E-state index is 0.125. The molecule has 1 aliphatic heterocycles. The van der Waals surface area contributed by atoms with E-state index in [1.54, 1.807) is 32.9 Å². The van der Waals surface area contributed by atoms with E-state index >= 15 is 0 Å². The number of rotatable bonds is 4. The first-order valence-corrected chi connectivity index (χ1v) is 7.97. The van der Waals surface area contributed by atoms with Crippen molar-refractivity contribution in [2.45, 2.75) is 26.8 Å². The second-order valence-corrected chi connectivity index (χ2v) is 6.33. The highest BCUT2D eigenvalue weighted by Gasteiger charge is 2.36. The number of benzene rings is 1. The second-order valence-electron chi connectivity index (χ2n) is 4.93. The first kappa shape index (κ1) is 16.7. The van der Waals surface area contributed by atoms with Crippen molar-refractivity contribution in [3.05, 3.63) is 27.6 Å². The topological polar surface area (TPSA) is 66.8 Å². The standard InChI is InChI=1S/C15H16ClNO4S/c1-4-21-11-6-9(5-10(16)13(11)18)7-12-14(19)17(8(2)3)15(20)22-12/h5-8,18H,4H2,1-3H3/b12-7+. The van der Waals surface area contributed by atoms with Crippen LogP contribution in [0.15, 0.2) is 17.0 Å². The smallest absolute Gasteiger partial charge is 0.293 e. The molecule has 2 rings (SSSR count). The molecular weight excluding hydrogens is 326 g/mol. The van der Waals surface area contributed by atoms with Gasteiger partial charge in [-0.05, 0) is 56.3 Å². The summed E-state index contributed by atoms with van der Waals surface area (Å²) in [7, 11) is 0. The van der Waals surface area contributed by atoms with Crippen LogP contribution in [0.4, 0.5) is 4.79 Å². The van der Waals surface area contributed by atoms with Crippen molar-refractivity contribution < 1.29 is 19.4 Å². The third kappa shape index (κ3) is 3.23. The molecule has 5 nitrogen and oxygen atoms in total. The Morgan fingerprint density at radius 3 is 2.64 bits per heavy atom. The van der Waals surface area contributed by atoms with Crippen LogP contribution in [0.25, 0.3) is 6.08 Å². The Morgan fingerprint density at radius 2 is 2.09 bits per heavy atom. The van der Waals surface area contributed by atoms with Gasteiger partial charge in [0.25, 0.3) is 11.1 Å². The van der Waals surface area contributed by atoms with E-state index in [1.807, 2.05) is 0 Å². The van der Waals surface area contributed by atoms with Gasteiger partial charge in [-0.1, -0.05) is 11.6 Å². The predicted molar refractivity (Wildman–Crippen MR) is 87.2 cm³/mol. The lowest BCUT2D eigenvalue weighted by Crippen LogP contribution is -2.34. The maximum Gasteiger partial charge on any atom is 0.293 e. The van der Waals surface area contributed by atoms with Crippen molar-refractivity contribution in [3.8, 4) is 11.5 Å². The number of imide groups is 1. The summed E-state index contributed by atoms with van der Waals surface area (Å²) < 4.78 is 5.30. The average Bonchev–Trinajstić information content (AvgIpc) is 2.70. The molecule has 22 heavy (non-hydrogen) atoms. The van der Waals surface area contributed by atoms with Crippen LogP contribution in [0.2, 0.25) is 5.02 Å². The first-order valence-electron chi connectivity index (χ1n) is 6.77. The van der Waals surface area contributed by atoms with Gasteiger partial charge in [0.05, 0.1) is 16.5 Å². The maximum atomic E-state index is 12.2. The summed E-state index contributed by atoms with van der Waals surface area (Å²) in [4.78, 5) is 25.6. The monoisotopic (exact) mass is 341 g/mol. The van der Waals surface area contributed by atoms with Gasteiger partial charge in [0, 0.05) is 6.04 Å². The summed E-state index contributed by atoms with van der Waals surface area (Å²) in [6, 6.07) is 2.90. The zero-order valence-electron chi connectivity index (χ0n) is 12.4. The van der Waals surface area contributed by atoms with Gasteiger partial charge in [-0.3, -0.25) is 14.5 Å². The Balaban J connectivity index is 2.38. The number of nitrogens with zero attached hydrogens (tertiary/aromatic N) is 1. The van der Waals surface area contributed by atoms with Crippen molar-refractivity contribution in [2.24, 2.45) is 0 Å². The molecule has 1 N–H and O–H groups in total. The lowest BCUT2D eigenvalue weighted by molar-refractivity contribution is -0.123. The fourth-order valence-corrected chi connectivity index (χ4v) is 3.20. The van der Waals surface area contributed by atoms with Gasteiger partial charge >= 0.3 is 0 Å². The molecule has 0 radical (unpaired) electrons. The number of phenolic OH excluding ortho intramolecular Hbond substituents is 1. The third-order valence-electron chi connectivity index (χ3n) is 2.99. The van der Waals surface area contributed by atoms with E-state index < -0.39 is 0 Å². The Bertz CT molecular complexity index is 657. The number of hydrogen-bond acceptors (Lipinski definition) is 5. The average molecular weight is 342 g/mol. The van der Waals surface area contributed by atoms with Gasteiger partial charge in [0.15, 0.2) is 11.5 Å². The maximum absolute atomic E-state index is 12.2. The van der Waals surface area contributed by atoms with Crippen LogP contribution in [0.3, 0.4) is 0 Å². The summed E-state index contributed by atoms with van der Waals surface area (Å²) in [5.41, 5.74) is 0.584. The molecular formula is C15H16ClNO4S. The summed E-state index contributed by atoms with van der Waals surface area (Å²) in [6.45, 7) is 5.72. The van der Waals surface area contributed by atoms with Gasteiger partial charge in [-0.25, -0.2) is 0 Å². The highest BCUT2D eigenvalue weighted by molar-refractivity contribution is 8.18. The molecule has 0 aliphatic carbocycles. The molecule has 0 bridgehead atoms. The predicted octanol–water partition coefficient (Wildman–Crippen LogP) is 3.89. The molecule has 7 heteroatoms. The van der Waals surface area contributed by atoms with E-state index in [-0.39, 0.29) is 33.7 Å². The van der Waals surface area contributed by atoms with E-state index in [1.165, 1.54) is 11.0 Å². The lowest BCUT2D eigenvalue weighted by atomic mass is 10.1. The summed E-state index contributed by atoms with van der Waals surface area (Å²) in [6.07, 6.45) is 1.57. The Labute approximate surface area is 137 Å². The van der Waals surface area contributed by atoms with Gasteiger partial charge in [0.2, 0.25) is 0 Å². The zero-order chi connectivity index (χ0) is 16.4. The number of hydrogen-bond donors (Lipinski definition) is 1. The third-order valence-corrected chi connectivity index (χ3v) is 4.16. The molecule has 0 unspecified atom stereocenters. The van der Waals surface area contributed by atoms with Crippen LogP contribution in [-0.2, 0) is 4.79 Å². The summed E-state index contributed by atoms with van der Waals surface area (Å²) >= 11 is 6.84. The molecule has 1 heterocycles. The normalized spacial score (nSPS) is 17.0. The number of aromatic hydroxyl groups is 1. The van der Waals surface area contributed by atoms with Crippen LogP contribution in [0.1, 0.15) is 26.3 Å². The number of amides is 2. The molecule has 118 valence electrons. The minimum Gasteiger partial charge on any atom is -0.503 e. The van der Waals surface area contributed by atoms with Gasteiger partial charge < -0.3 is 9.84 Å². The lowest BCUT2D eigenvalue weighted by Gasteiger charge is -2.16. The Hall–Kier alpha value is -1.66. The number of thioether (sulfide) groups is 1. The van der Waals surface area contributed by atoms with Crippen LogP contribution in [0, 0.1) is 0 Å². The van der Waals surface area contributed by atoms with E-state index in [4.69, 9.17) is 16.3 Å². The Morgan fingerprint density at radius 1 is 1.41 bits per heavy atom. The molecule has 0 saturated carbocycles. The van der Waals surface area contributed by atoms with Crippen molar-refractivity contribution in [1.29, 1.82) is 0 Å². The fourth-order valence-electron chi connectivity index (χ4n) is 2.02. The van der Waals surface area contributed by atoms with E-state index in [0.29, 0.717) is 17.1 Å². The number of halogens is 1. The SMILES string of the molecule is CCOc1cc(/C=C2/SC(=O)N(C(C)C)C2=O)cc(Cl)c1O. The van der Waals surface area contributed by atoms with Crippen LogP contribution >= 0.6 is 23.4 Å². The minimum atomic E-state index is -0.327. The molecule has 1 saturated heterocycles. The summed E-state index contributed by atoms with van der Waals surface area (Å²) in [5.74, 6) is -0.229. The number of ether oxygens (including phenoxy) is 1. The van der Waals surface area contributed by atoms with Crippen molar-refractivity contribution in [3.63, 3.8) is 0 Å². The van der Waals surface area contributed by atoms with Crippen LogP contribution < -0.4 is 4.74 Å². The van der Waals surface area contributed by atoms with Gasteiger partial charge in [-0.15, -0.1) is 0 Å². The van der Waals surface area contributed by atoms with Gasteiger partial charge in [0.1, 0.15) is 0 Å². The molecule has 0 spiro atoms. The van der Waals surface area contributed by atoms with Crippen LogP contribution in [-0.4, -0.2) is 33.8 Å². The summed E-state index contributed by atoms with van der Waals surface area (Å²) in [5, 5.41) is 9.65. The molecule has 1 aromatic rings. The fraction of sp³-hybridized carbons (Fsp3) is 0.333. The second kappa shape index (κ2) is 6.62. The van der Waals surface area contributed by atoms with Crippen molar-refractivity contribution in [1.82, 2.24) is 4.90 Å². The van der Waals surface area contributed by atoms with Crippen molar-refractivity contribution in [2.75, 3.05) is 6.61 Å². The van der Waals surface area contributed by atoms with E-state index in [9.17, 15) is 14.7 Å². The van der Waals surface area contributed by atoms with Crippen LogP contribution in [0.5, 0.6) is 11.5 Å². The number of carbonyl (C=O) groups is 2. The highest BCUT2D eigenvalue weighted by Crippen LogP contribution is 2.38. The molecule has 1 aromatic carbocycles. The Kier molecular flexibility index (Phi) is 5.03. The molecule has 0 atom stereocenters. The van der Waals surface area contributed by atoms with E-state index in [0.717, 1.165) is 11.8 Å². The highest BCUT2D eigenvalue weighted by atomic mass is 35.5. The zero-order valence-corrected chi connectivity index (χ0v) is 14.0. The number of carbonyl (C=O) groups excluding carboxylic acids is 2. The van der Waals surface area contributed by atoms with Crippen molar-refractivity contribution >= 4 is 40.6 Å². The first-order chi connectivity index (χ1) is 10.3. The molecule has 0 aromatic heterocycles. The van der Waals surface area contributed by atoms with Gasteiger partial charge in [-0.2, -0.15) is 0 Å². The largest absolute Gasteiger partial charge is 0.503 e. The quantitative estimate of drug-likeness (QED) is 0.841.